The number of unbranched alkanes of at least 4 members (excludes halogenated alkanes) is 1. The molecule has 0 unspecified atom stereocenters. The van der Waals surface area contributed by atoms with Gasteiger partial charge in [-0.15, -0.1) is 24.0 Å². The van der Waals surface area contributed by atoms with Crippen molar-refractivity contribution < 1.29 is 4.42 Å². The molecule has 6 nitrogen and oxygen atoms in total. The molecule has 156 valence electrons. The van der Waals surface area contributed by atoms with Crippen molar-refractivity contribution in [2.75, 3.05) is 13.1 Å². The van der Waals surface area contributed by atoms with Crippen LogP contribution in [0.2, 0.25) is 0 Å². The van der Waals surface area contributed by atoms with Crippen LogP contribution in [-0.4, -0.2) is 28.8 Å². The second-order valence-corrected chi connectivity index (χ2v) is 6.67. The minimum atomic E-state index is 0. The first-order valence-corrected chi connectivity index (χ1v) is 9.94. The SMILES string of the molecule is CCCCNC(=NCc1ccccc1Cn1cccn1)NCCc1ccco1.I. The highest BCUT2D eigenvalue weighted by atomic mass is 127. The Labute approximate surface area is 189 Å². The van der Waals surface area contributed by atoms with Crippen molar-refractivity contribution in [2.24, 2.45) is 4.99 Å². The van der Waals surface area contributed by atoms with Gasteiger partial charge in [0.2, 0.25) is 0 Å². The Morgan fingerprint density at radius 2 is 1.90 bits per heavy atom. The molecule has 1 aromatic carbocycles. The molecule has 0 saturated carbocycles. The van der Waals surface area contributed by atoms with Crippen LogP contribution in [0.1, 0.15) is 36.7 Å². The summed E-state index contributed by atoms with van der Waals surface area (Å²) in [5.41, 5.74) is 2.44. The van der Waals surface area contributed by atoms with Crippen LogP contribution in [0.5, 0.6) is 0 Å². The quantitative estimate of drug-likeness (QED) is 0.187. The van der Waals surface area contributed by atoms with Crippen LogP contribution in [-0.2, 0) is 19.5 Å². The molecule has 7 heteroatoms. The average Bonchev–Trinajstić information content (AvgIpc) is 3.41. The number of aromatic nitrogens is 2. The maximum atomic E-state index is 5.40. The van der Waals surface area contributed by atoms with E-state index < -0.39 is 0 Å². The lowest BCUT2D eigenvalue weighted by Crippen LogP contribution is -2.39. The number of rotatable bonds is 10. The van der Waals surface area contributed by atoms with E-state index >= 15 is 0 Å². The zero-order valence-electron chi connectivity index (χ0n) is 16.9. The van der Waals surface area contributed by atoms with Crippen LogP contribution in [0, 0.1) is 0 Å². The summed E-state index contributed by atoms with van der Waals surface area (Å²) in [6.07, 6.45) is 8.60. The van der Waals surface area contributed by atoms with Crippen LogP contribution in [0.25, 0.3) is 0 Å². The van der Waals surface area contributed by atoms with Crippen LogP contribution in [0.3, 0.4) is 0 Å². The number of hydrogen-bond donors (Lipinski definition) is 2. The zero-order chi connectivity index (χ0) is 19.4. The van der Waals surface area contributed by atoms with E-state index in [9.17, 15) is 0 Å². The first-order chi connectivity index (χ1) is 13.8. The smallest absolute Gasteiger partial charge is 0.191 e. The van der Waals surface area contributed by atoms with Gasteiger partial charge in [0.25, 0.3) is 0 Å². The molecule has 0 aliphatic rings. The van der Waals surface area contributed by atoms with Crippen LogP contribution in [0.15, 0.2) is 70.5 Å². The van der Waals surface area contributed by atoms with E-state index in [0.717, 1.165) is 50.6 Å². The Bertz CT molecular complexity index is 831. The topological polar surface area (TPSA) is 67.4 Å². The number of benzene rings is 1. The highest BCUT2D eigenvalue weighted by molar-refractivity contribution is 14.0. The number of nitrogens with one attached hydrogen (secondary N) is 2. The van der Waals surface area contributed by atoms with Gasteiger partial charge in [-0.2, -0.15) is 5.10 Å². The first-order valence-electron chi connectivity index (χ1n) is 9.94. The van der Waals surface area contributed by atoms with E-state index in [1.165, 1.54) is 11.1 Å². The molecule has 0 bridgehead atoms. The number of nitrogens with zero attached hydrogens (tertiary/aromatic N) is 3. The summed E-state index contributed by atoms with van der Waals surface area (Å²) < 4.78 is 7.34. The second kappa shape index (κ2) is 13.0. The van der Waals surface area contributed by atoms with E-state index in [-0.39, 0.29) is 24.0 Å². The lowest BCUT2D eigenvalue weighted by atomic mass is 10.1. The molecule has 0 aliphatic carbocycles. The summed E-state index contributed by atoms with van der Waals surface area (Å²) in [6.45, 7) is 5.26. The third kappa shape index (κ3) is 7.92. The molecule has 0 atom stereocenters. The van der Waals surface area contributed by atoms with Crippen molar-refractivity contribution in [3.05, 3.63) is 78.0 Å². The highest BCUT2D eigenvalue weighted by Crippen LogP contribution is 2.11. The Morgan fingerprint density at radius 1 is 1.07 bits per heavy atom. The summed E-state index contributed by atoms with van der Waals surface area (Å²) in [6, 6.07) is 14.3. The highest BCUT2D eigenvalue weighted by Gasteiger charge is 2.05. The fourth-order valence-electron chi connectivity index (χ4n) is 2.92. The third-order valence-corrected chi connectivity index (χ3v) is 4.48. The number of furan rings is 1. The van der Waals surface area contributed by atoms with Crippen molar-refractivity contribution in [1.82, 2.24) is 20.4 Å². The molecule has 0 aliphatic heterocycles. The van der Waals surface area contributed by atoms with Gasteiger partial charge in [-0.3, -0.25) is 4.68 Å². The van der Waals surface area contributed by atoms with Gasteiger partial charge in [0.15, 0.2) is 5.96 Å². The number of guanidine groups is 1. The normalized spacial score (nSPS) is 11.1. The summed E-state index contributed by atoms with van der Waals surface area (Å²) in [7, 11) is 0. The van der Waals surface area contributed by atoms with Crippen LogP contribution >= 0.6 is 24.0 Å². The molecule has 0 fully saturated rings. The monoisotopic (exact) mass is 507 g/mol. The molecule has 0 saturated heterocycles. The van der Waals surface area contributed by atoms with Gasteiger partial charge < -0.3 is 15.1 Å². The van der Waals surface area contributed by atoms with E-state index in [0.29, 0.717) is 6.54 Å². The maximum absolute atomic E-state index is 5.40. The lowest BCUT2D eigenvalue weighted by Gasteiger charge is -2.13. The fourth-order valence-corrected chi connectivity index (χ4v) is 2.92. The Hall–Kier alpha value is -2.29. The van der Waals surface area contributed by atoms with E-state index in [1.807, 2.05) is 29.1 Å². The molecular formula is C22H30IN5O. The second-order valence-electron chi connectivity index (χ2n) is 6.67. The van der Waals surface area contributed by atoms with Crippen molar-refractivity contribution in [1.29, 1.82) is 0 Å². The average molecular weight is 507 g/mol. The Kier molecular flexibility index (Phi) is 10.3. The summed E-state index contributed by atoms with van der Waals surface area (Å²) in [5.74, 6) is 1.82. The molecule has 0 radical (unpaired) electrons. The molecule has 3 rings (SSSR count). The van der Waals surface area contributed by atoms with Crippen molar-refractivity contribution >= 4 is 29.9 Å². The largest absolute Gasteiger partial charge is 0.469 e. The standard InChI is InChI=1S/C22H29N5O.HI/c1-2-3-12-23-22(24-14-11-21-10-6-16-28-21)25-17-19-8-4-5-9-20(19)18-27-15-7-13-26-27;/h4-10,13,15-16H,2-3,11-12,14,17-18H2,1H3,(H2,23,24,25);1H. The molecule has 3 aromatic rings. The van der Waals surface area contributed by atoms with Gasteiger partial charge in [0.1, 0.15) is 5.76 Å². The molecule has 2 N–H and O–H groups in total. The van der Waals surface area contributed by atoms with Gasteiger partial charge in [-0.1, -0.05) is 37.6 Å². The predicted molar refractivity (Wildman–Crippen MR) is 128 cm³/mol. The molecule has 0 spiro atoms. The molecule has 2 aromatic heterocycles. The maximum Gasteiger partial charge on any atom is 0.191 e. The summed E-state index contributed by atoms with van der Waals surface area (Å²) >= 11 is 0. The molecular weight excluding hydrogens is 477 g/mol. The number of aliphatic imine (C=N–C) groups is 1. The predicted octanol–water partition coefficient (Wildman–Crippen LogP) is 4.22. The van der Waals surface area contributed by atoms with E-state index in [1.54, 1.807) is 12.5 Å². The fraction of sp³-hybridized carbons (Fsp3) is 0.364. The molecule has 2 heterocycles. The number of halogens is 1. The van der Waals surface area contributed by atoms with Crippen molar-refractivity contribution in [2.45, 2.75) is 39.3 Å². The summed E-state index contributed by atoms with van der Waals surface area (Å²) in [5, 5.41) is 11.2. The van der Waals surface area contributed by atoms with Gasteiger partial charge in [0, 0.05) is 31.9 Å². The Balaban J connectivity index is 0.00000300. The minimum absolute atomic E-state index is 0. The zero-order valence-corrected chi connectivity index (χ0v) is 19.2. The van der Waals surface area contributed by atoms with Crippen molar-refractivity contribution in [3.8, 4) is 0 Å². The van der Waals surface area contributed by atoms with Gasteiger partial charge in [-0.05, 0) is 35.7 Å². The van der Waals surface area contributed by atoms with Gasteiger partial charge in [0.05, 0.1) is 19.4 Å². The molecule has 0 amide bonds. The lowest BCUT2D eigenvalue weighted by molar-refractivity contribution is 0.506. The summed E-state index contributed by atoms with van der Waals surface area (Å²) in [4.78, 5) is 4.81. The van der Waals surface area contributed by atoms with Gasteiger partial charge >= 0.3 is 0 Å². The van der Waals surface area contributed by atoms with E-state index in [4.69, 9.17) is 9.41 Å². The minimum Gasteiger partial charge on any atom is -0.469 e. The van der Waals surface area contributed by atoms with Crippen LogP contribution < -0.4 is 10.6 Å². The van der Waals surface area contributed by atoms with Crippen molar-refractivity contribution in [3.63, 3.8) is 0 Å². The van der Waals surface area contributed by atoms with Crippen LogP contribution in [0.4, 0.5) is 0 Å². The first kappa shape index (κ1) is 23.0. The number of hydrogen-bond acceptors (Lipinski definition) is 3. The van der Waals surface area contributed by atoms with Gasteiger partial charge in [-0.25, -0.2) is 4.99 Å². The third-order valence-electron chi connectivity index (χ3n) is 4.48. The van der Waals surface area contributed by atoms with E-state index in [2.05, 4.69) is 46.9 Å². The molecule has 29 heavy (non-hydrogen) atoms. The Morgan fingerprint density at radius 3 is 2.62 bits per heavy atom.